The van der Waals surface area contributed by atoms with E-state index < -0.39 is 0 Å². The first-order chi connectivity index (χ1) is 14.2. The lowest BCUT2D eigenvalue weighted by atomic mass is 10.1. The van der Waals surface area contributed by atoms with Gasteiger partial charge in [0.1, 0.15) is 0 Å². The normalized spacial score (nSPS) is 14.5. The number of anilines is 1. The van der Waals surface area contributed by atoms with Crippen molar-refractivity contribution in [3.63, 3.8) is 0 Å². The molecule has 2 heterocycles. The van der Waals surface area contributed by atoms with E-state index in [1.165, 1.54) is 0 Å². The molecule has 1 aromatic carbocycles. The molecule has 1 fully saturated rings. The molecule has 1 aliphatic heterocycles. The molecule has 1 aliphatic rings. The van der Waals surface area contributed by atoms with Gasteiger partial charge in [-0.3, -0.25) is 9.69 Å². The molecule has 0 aliphatic carbocycles. The van der Waals surface area contributed by atoms with E-state index in [2.05, 4.69) is 25.1 Å². The van der Waals surface area contributed by atoms with Crippen molar-refractivity contribution in [1.29, 1.82) is 0 Å². The van der Waals surface area contributed by atoms with Crippen LogP contribution in [-0.2, 0) is 11.2 Å². The predicted octanol–water partition coefficient (Wildman–Crippen LogP) is 1.36. The predicted molar refractivity (Wildman–Crippen MR) is 112 cm³/mol. The SMILES string of the molecule is COc1ccc(CCC(=O)NCCN2CCN(c3ncccn3)CC2)cc1OC. The fraction of sp³-hybridized carbons (Fsp3) is 0.476. The van der Waals surface area contributed by atoms with E-state index in [1.807, 2.05) is 24.3 Å². The number of ether oxygens (including phenoxy) is 2. The van der Waals surface area contributed by atoms with Crippen LogP contribution in [0.1, 0.15) is 12.0 Å². The molecule has 1 amide bonds. The van der Waals surface area contributed by atoms with Crippen LogP contribution in [0.3, 0.4) is 0 Å². The molecule has 8 nitrogen and oxygen atoms in total. The summed E-state index contributed by atoms with van der Waals surface area (Å²) in [6, 6.07) is 7.58. The number of hydrogen-bond donors (Lipinski definition) is 1. The lowest BCUT2D eigenvalue weighted by molar-refractivity contribution is -0.121. The van der Waals surface area contributed by atoms with Crippen LogP contribution in [0.5, 0.6) is 11.5 Å². The van der Waals surface area contributed by atoms with Gasteiger partial charge in [0, 0.05) is 58.1 Å². The van der Waals surface area contributed by atoms with Gasteiger partial charge in [-0.1, -0.05) is 6.07 Å². The van der Waals surface area contributed by atoms with Gasteiger partial charge in [0.05, 0.1) is 14.2 Å². The topological polar surface area (TPSA) is 79.8 Å². The van der Waals surface area contributed by atoms with E-state index in [1.54, 1.807) is 26.6 Å². The molecule has 0 spiro atoms. The molecule has 0 bridgehead atoms. The Bertz CT molecular complexity index is 779. The molecule has 1 N–H and O–H groups in total. The summed E-state index contributed by atoms with van der Waals surface area (Å²) in [6.45, 7) is 5.20. The van der Waals surface area contributed by atoms with Gasteiger partial charge in [-0.25, -0.2) is 9.97 Å². The van der Waals surface area contributed by atoms with Crippen molar-refractivity contribution in [2.75, 3.05) is 58.4 Å². The van der Waals surface area contributed by atoms with E-state index in [4.69, 9.17) is 9.47 Å². The Morgan fingerprint density at radius 2 is 1.79 bits per heavy atom. The zero-order chi connectivity index (χ0) is 20.5. The fourth-order valence-corrected chi connectivity index (χ4v) is 3.36. The van der Waals surface area contributed by atoms with Crippen molar-refractivity contribution in [1.82, 2.24) is 20.2 Å². The maximum atomic E-state index is 12.2. The minimum absolute atomic E-state index is 0.0658. The van der Waals surface area contributed by atoms with Crippen molar-refractivity contribution >= 4 is 11.9 Å². The molecule has 1 aromatic heterocycles. The molecule has 2 aromatic rings. The number of hydrogen-bond acceptors (Lipinski definition) is 7. The quantitative estimate of drug-likeness (QED) is 0.682. The summed E-state index contributed by atoms with van der Waals surface area (Å²) in [4.78, 5) is 25.3. The van der Waals surface area contributed by atoms with E-state index in [-0.39, 0.29) is 5.91 Å². The summed E-state index contributed by atoms with van der Waals surface area (Å²) >= 11 is 0. The Morgan fingerprint density at radius 1 is 1.07 bits per heavy atom. The highest BCUT2D eigenvalue weighted by atomic mass is 16.5. The van der Waals surface area contributed by atoms with E-state index in [0.29, 0.717) is 30.9 Å². The Hall–Kier alpha value is -2.87. The third-order valence-corrected chi connectivity index (χ3v) is 5.05. The summed E-state index contributed by atoms with van der Waals surface area (Å²) in [7, 11) is 3.22. The average molecular weight is 399 g/mol. The zero-order valence-electron chi connectivity index (χ0n) is 17.1. The van der Waals surface area contributed by atoms with Gasteiger partial charge in [-0.15, -0.1) is 0 Å². The molecule has 0 atom stereocenters. The summed E-state index contributed by atoms with van der Waals surface area (Å²) < 4.78 is 10.5. The van der Waals surface area contributed by atoms with Crippen LogP contribution in [0.25, 0.3) is 0 Å². The van der Waals surface area contributed by atoms with E-state index >= 15 is 0 Å². The Labute approximate surface area is 171 Å². The number of methoxy groups -OCH3 is 2. The highest BCUT2D eigenvalue weighted by molar-refractivity contribution is 5.76. The highest BCUT2D eigenvalue weighted by Gasteiger charge is 2.18. The Kier molecular flexibility index (Phi) is 7.63. The molecule has 0 saturated carbocycles. The number of carbonyl (C=O) groups excluding carboxylic acids is 1. The van der Waals surface area contributed by atoms with E-state index in [9.17, 15) is 4.79 Å². The van der Waals surface area contributed by atoms with Gasteiger partial charge in [0.25, 0.3) is 0 Å². The maximum Gasteiger partial charge on any atom is 0.225 e. The van der Waals surface area contributed by atoms with Crippen molar-refractivity contribution < 1.29 is 14.3 Å². The molecule has 1 saturated heterocycles. The Balaban J connectivity index is 1.33. The minimum Gasteiger partial charge on any atom is -0.493 e. The monoisotopic (exact) mass is 399 g/mol. The first-order valence-corrected chi connectivity index (χ1v) is 9.91. The average Bonchev–Trinajstić information content (AvgIpc) is 2.78. The van der Waals surface area contributed by atoms with Gasteiger partial charge in [0.2, 0.25) is 11.9 Å². The standard InChI is InChI=1S/C21H29N5O3/c1-28-18-6-4-17(16-19(18)29-2)5-7-20(27)22-10-11-25-12-14-26(15-13-25)21-23-8-3-9-24-21/h3-4,6,8-9,16H,5,7,10-15H2,1-2H3,(H,22,27). The van der Waals surface area contributed by atoms with Crippen molar-refractivity contribution in [2.24, 2.45) is 0 Å². The number of aryl methyl sites for hydroxylation is 1. The summed E-state index contributed by atoms with van der Waals surface area (Å²) in [5.74, 6) is 2.23. The van der Waals surface area contributed by atoms with Crippen LogP contribution in [0, 0.1) is 0 Å². The number of nitrogens with zero attached hydrogens (tertiary/aromatic N) is 4. The number of aromatic nitrogens is 2. The minimum atomic E-state index is 0.0658. The molecule has 29 heavy (non-hydrogen) atoms. The maximum absolute atomic E-state index is 12.2. The Morgan fingerprint density at radius 3 is 2.48 bits per heavy atom. The largest absolute Gasteiger partial charge is 0.493 e. The third-order valence-electron chi connectivity index (χ3n) is 5.05. The number of nitrogens with one attached hydrogen (secondary N) is 1. The van der Waals surface area contributed by atoms with Crippen LogP contribution < -0.4 is 19.7 Å². The lowest BCUT2D eigenvalue weighted by Gasteiger charge is -2.34. The second-order valence-electron chi connectivity index (χ2n) is 6.92. The van der Waals surface area contributed by atoms with Crippen molar-refractivity contribution in [2.45, 2.75) is 12.8 Å². The van der Waals surface area contributed by atoms with E-state index in [0.717, 1.165) is 44.2 Å². The number of piperazine rings is 1. The zero-order valence-corrected chi connectivity index (χ0v) is 17.1. The van der Waals surface area contributed by atoms with Gasteiger partial charge in [-0.05, 0) is 30.2 Å². The third kappa shape index (κ3) is 6.05. The first-order valence-electron chi connectivity index (χ1n) is 9.91. The molecular weight excluding hydrogens is 370 g/mol. The summed E-state index contributed by atoms with van der Waals surface area (Å²) in [5, 5.41) is 3.02. The van der Waals surface area contributed by atoms with Crippen LogP contribution >= 0.6 is 0 Å². The van der Waals surface area contributed by atoms with Crippen molar-refractivity contribution in [3.8, 4) is 11.5 Å². The summed E-state index contributed by atoms with van der Waals surface area (Å²) in [5.41, 5.74) is 1.05. The van der Waals surface area contributed by atoms with Crippen molar-refractivity contribution in [3.05, 3.63) is 42.2 Å². The van der Waals surface area contributed by atoms with Crippen LogP contribution in [-0.4, -0.2) is 74.3 Å². The summed E-state index contributed by atoms with van der Waals surface area (Å²) in [6.07, 6.45) is 4.66. The van der Waals surface area contributed by atoms with Gasteiger partial charge in [0.15, 0.2) is 11.5 Å². The van der Waals surface area contributed by atoms with Crippen LogP contribution in [0.2, 0.25) is 0 Å². The molecule has 8 heteroatoms. The number of rotatable bonds is 9. The first kappa shape index (κ1) is 20.9. The number of carbonyl (C=O) groups is 1. The van der Waals surface area contributed by atoms with Crippen LogP contribution in [0.4, 0.5) is 5.95 Å². The lowest BCUT2D eigenvalue weighted by Crippen LogP contribution is -2.49. The fourth-order valence-electron chi connectivity index (χ4n) is 3.36. The smallest absolute Gasteiger partial charge is 0.225 e. The molecule has 0 radical (unpaired) electrons. The molecule has 156 valence electrons. The van der Waals surface area contributed by atoms with Crippen LogP contribution in [0.15, 0.2) is 36.7 Å². The molecule has 3 rings (SSSR count). The molecular formula is C21H29N5O3. The van der Waals surface area contributed by atoms with Gasteiger partial charge in [-0.2, -0.15) is 0 Å². The van der Waals surface area contributed by atoms with Gasteiger partial charge >= 0.3 is 0 Å². The van der Waals surface area contributed by atoms with Gasteiger partial charge < -0.3 is 19.7 Å². The number of amides is 1. The second-order valence-corrected chi connectivity index (χ2v) is 6.92. The second kappa shape index (κ2) is 10.6. The highest BCUT2D eigenvalue weighted by Crippen LogP contribution is 2.27. The number of benzene rings is 1. The molecule has 0 unspecified atom stereocenters.